The maximum Gasteiger partial charge on any atom is 0.251 e. The summed E-state index contributed by atoms with van der Waals surface area (Å²) in [6, 6.07) is 22.3. The first kappa shape index (κ1) is 28.9. The molecule has 0 bridgehead atoms. The molecule has 2 aliphatic rings. The third-order valence-electron chi connectivity index (χ3n) is 7.88. The number of halogens is 2. The fraction of sp³-hybridized carbons (Fsp3) is 0.344. The van der Waals surface area contributed by atoms with Crippen molar-refractivity contribution in [2.75, 3.05) is 25.9 Å². The first-order valence-electron chi connectivity index (χ1n) is 13.7. The number of likely N-dealkylation sites (tertiary alicyclic amines) is 1. The lowest BCUT2D eigenvalue weighted by molar-refractivity contribution is 0.0943. The molecule has 1 amide bonds. The molecule has 8 heteroatoms. The highest BCUT2D eigenvalue weighted by molar-refractivity contribution is 8.00. The lowest BCUT2D eigenvalue weighted by Crippen LogP contribution is -2.44. The molecule has 0 radical (unpaired) electrons. The van der Waals surface area contributed by atoms with Gasteiger partial charge in [-0.3, -0.25) is 9.69 Å². The van der Waals surface area contributed by atoms with Crippen molar-refractivity contribution in [3.63, 3.8) is 0 Å². The number of sulfone groups is 1. The molecule has 210 valence electrons. The maximum absolute atomic E-state index is 13.1. The lowest BCUT2D eigenvalue weighted by atomic mass is 9.89. The van der Waals surface area contributed by atoms with Crippen LogP contribution in [0.3, 0.4) is 0 Å². The molecule has 3 aromatic carbocycles. The van der Waals surface area contributed by atoms with E-state index in [2.05, 4.69) is 10.2 Å². The van der Waals surface area contributed by atoms with Gasteiger partial charge < -0.3 is 5.32 Å². The second-order valence-corrected chi connectivity index (χ2v) is 13.7. The summed E-state index contributed by atoms with van der Waals surface area (Å²) >= 11 is 12.3. The van der Waals surface area contributed by atoms with Crippen LogP contribution in [0.15, 0.2) is 78.4 Å². The van der Waals surface area contributed by atoms with Gasteiger partial charge in [0.2, 0.25) is 0 Å². The minimum atomic E-state index is -3.55. The fourth-order valence-electron chi connectivity index (χ4n) is 5.89. The smallest absolute Gasteiger partial charge is 0.251 e. The predicted octanol–water partition coefficient (Wildman–Crippen LogP) is 7.16. The van der Waals surface area contributed by atoms with Crippen LogP contribution in [-0.2, 0) is 9.84 Å². The highest BCUT2D eigenvalue weighted by Gasteiger charge is 2.34. The normalized spacial score (nSPS) is 16.6. The van der Waals surface area contributed by atoms with Crippen LogP contribution in [0.4, 0.5) is 0 Å². The summed E-state index contributed by atoms with van der Waals surface area (Å²) in [6.45, 7) is 1.63. The summed E-state index contributed by atoms with van der Waals surface area (Å²) in [6.07, 6.45) is 7.24. The van der Waals surface area contributed by atoms with Crippen LogP contribution in [-0.4, -0.2) is 45.1 Å². The average molecular weight is 598 g/mol. The quantitative estimate of drug-likeness (QED) is 0.299. The summed E-state index contributed by atoms with van der Waals surface area (Å²) in [5, 5.41) is 4.38. The van der Waals surface area contributed by atoms with Gasteiger partial charge in [0, 0.05) is 41.5 Å². The number of benzene rings is 3. The van der Waals surface area contributed by atoms with Gasteiger partial charge in [0.25, 0.3) is 5.91 Å². The van der Waals surface area contributed by atoms with Crippen LogP contribution >= 0.6 is 23.2 Å². The minimum absolute atomic E-state index is 0.0870. The minimum Gasteiger partial charge on any atom is -0.352 e. The lowest BCUT2D eigenvalue weighted by Gasteiger charge is -2.42. The molecular formula is C32H34Cl2N2O3S. The molecule has 1 heterocycles. The highest BCUT2D eigenvalue weighted by Crippen LogP contribution is 2.39. The summed E-state index contributed by atoms with van der Waals surface area (Å²) in [5.41, 5.74) is 3.98. The van der Waals surface area contributed by atoms with Gasteiger partial charge >= 0.3 is 0 Å². The Bertz CT molecular complexity index is 1440. The predicted molar refractivity (Wildman–Crippen MR) is 163 cm³/mol. The van der Waals surface area contributed by atoms with Gasteiger partial charge in [0.05, 0.1) is 10.9 Å². The van der Waals surface area contributed by atoms with Gasteiger partial charge in [-0.25, -0.2) is 8.42 Å². The van der Waals surface area contributed by atoms with E-state index in [1.54, 1.807) is 24.3 Å². The zero-order valence-corrected chi connectivity index (χ0v) is 24.9. The van der Waals surface area contributed by atoms with Crippen molar-refractivity contribution >= 4 is 43.9 Å². The molecule has 2 fully saturated rings. The molecule has 0 aromatic heterocycles. The second-order valence-electron chi connectivity index (χ2n) is 10.9. The molecule has 0 atom stereocenters. The van der Waals surface area contributed by atoms with E-state index in [4.69, 9.17) is 23.2 Å². The number of nitrogens with zero attached hydrogens (tertiary/aromatic N) is 1. The third kappa shape index (κ3) is 6.80. The number of carbonyl (C=O) groups is 1. The van der Waals surface area contributed by atoms with E-state index < -0.39 is 9.84 Å². The zero-order valence-electron chi connectivity index (χ0n) is 22.6. The van der Waals surface area contributed by atoms with Crippen LogP contribution in [0, 0.1) is 5.92 Å². The highest BCUT2D eigenvalue weighted by atomic mass is 35.5. The molecule has 1 saturated heterocycles. The first-order valence-corrected chi connectivity index (χ1v) is 16.4. The van der Waals surface area contributed by atoms with Gasteiger partial charge in [-0.05, 0) is 77.4 Å². The molecule has 0 spiro atoms. The summed E-state index contributed by atoms with van der Waals surface area (Å²) in [5.74, 6) is 0.357. The molecule has 1 N–H and O–H groups in total. The number of rotatable bonds is 8. The van der Waals surface area contributed by atoms with E-state index in [9.17, 15) is 13.2 Å². The fourth-order valence-corrected chi connectivity index (χ4v) is 7.35. The van der Waals surface area contributed by atoms with Crippen LogP contribution in [0.5, 0.6) is 0 Å². The number of amides is 1. The van der Waals surface area contributed by atoms with Crippen LogP contribution in [0.1, 0.15) is 65.2 Å². The Morgan fingerprint density at radius 1 is 0.875 bits per heavy atom. The van der Waals surface area contributed by atoms with Crippen LogP contribution in [0.25, 0.3) is 4.91 Å². The molecule has 1 saturated carbocycles. The Kier molecular flexibility index (Phi) is 9.01. The number of carbonyl (C=O) groups excluding carboxylic acids is 1. The maximum atomic E-state index is 13.1. The topological polar surface area (TPSA) is 66.5 Å². The van der Waals surface area contributed by atoms with E-state index in [-0.39, 0.29) is 11.9 Å². The van der Waals surface area contributed by atoms with Crippen LogP contribution in [0.2, 0.25) is 10.0 Å². The standard InChI is InChI=1S/C32H34Cl2N2O3S/c1-40(38,39)31(25-8-5-9-26(18-25)32(37)35-19-22-6-3-2-4-7-22)27-20-36(21-27)30(23-10-14-28(33)15-11-23)24-12-16-29(34)17-13-24/h5,8-18,22,30H,2-4,6-7,19-21H2,1H3,(H,35,37). The molecule has 1 aliphatic carbocycles. The molecule has 5 rings (SSSR count). The van der Waals surface area contributed by atoms with E-state index >= 15 is 0 Å². The van der Waals surface area contributed by atoms with Crippen LogP contribution < -0.4 is 5.32 Å². The largest absolute Gasteiger partial charge is 0.352 e. The first-order chi connectivity index (χ1) is 19.2. The third-order valence-corrected chi connectivity index (χ3v) is 9.65. The summed E-state index contributed by atoms with van der Waals surface area (Å²) in [7, 11) is -3.55. The molecular weight excluding hydrogens is 563 g/mol. The van der Waals surface area contributed by atoms with Gasteiger partial charge in [-0.2, -0.15) is 0 Å². The van der Waals surface area contributed by atoms with Crippen molar-refractivity contribution in [2.24, 2.45) is 5.92 Å². The van der Waals surface area contributed by atoms with E-state index in [0.29, 0.717) is 51.6 Å². The van der Waals surface area contributed by atoms with Crippen molar-refractivity contribution < 1.29 is 13.2 Å². The molecule has 0 unspecified atom stereocenters. The number of hydrogen-bond donors (Lipinski definition) is 1. The average Bonchev–Trinajstić information content (AvgIpc) is 2.92. The summed E-state index contributed by atoms with van der Waals surface area (Å²) in [4.78, 5) is 15.5. The van der Waals surface area contributed by atoms with E-state index in [1.807, 2.05) is 48.5 Å². The van der Waals surface area contributed by atoms with Crippen molar-refractivity contribution in [2.45, 2.75) is 38.1 Å². The van der Waals surface area contributed by atoms with Crippen molar-refractivity contribution in [1.29, 1.82) is 0 Å². The Morgan fingerprint density at radius 2 is 1.43 bits per heavy atom. The van der Waals surface area contributed by atoms with Crippen molar-refractivity contribution in [3.8, 4) is 0 Å². The Balaban J connectivity index is 1.40. The van der Waals surface area contributed by atoms with Gasteiger partial charge in [0.1, 0.15) is 0 Å². The van der Waals surface area contributed by atoms with E-state index in [0.717, 1.165) is 29.5 Å². The van der Waals surface area contributed by atoms with Gasteiger partial charge in [-0.1, -0.05) is 78.9 Å². The molecule has 3 aromatic rings. The summed E-state index contributed by atoms with van der Waals surface area (Å²) < 4.78 is 26.1. The molecule has 5 nitrogen and oxygen atoms in total. The number of nitrogens with one attached hydrogen (secondary N) is 1. The molecule has 40 heavy (non-hydrogen) atoms. The molecule has 1 aliphatic heterocycles. The number of hydrogen-bond acceptors (Lipinski definition) is 4. The zero-order chi connectivity index (χ0) is 28.3. The Hall–Kier alpha value is -2.64. The Labute approximate surface area is 247 Å². The van der Waals surface area contributed by atoms with Crippen molar-refractivity contribution in [3.05, 3.63) is 111 Å². The van der Waals surface area contributed by atoms with E-state index in [1.165, 1.54) is 25.5 Å². The van der Waals surface area contributed by atoms with Gasteiger partial charge in [0.15, 0.2) is 9.84 Å². The Morgan fingerprint density at radius 3 is 1.98 bits per heavy atom. The SMILES string of the molecule is CS(=O)(=O)C(=C1CN(C(c2ccc(Cl)cc2)c2ccc(Cl)cc2)C1)c1cccc(C(=O)NCC2CCCCC2)c1. The van der Waals surface area contributed by atoms with Gasteiger partial charge in [-0.15, -0.1) is 0 Å². The second kappa shape index (κ2) is 12.5. The van der Waals surface area contributed by atoms with Crippen molar-refractivity contribution in [1.82, 2.24) is 10.2 Å². The monoisotopic (exact) mass is 596 g/mol.